The lowest BCUT2D eigenvalue weighted by Crippen LogP contribution is -2.46. The first-order valence-corrected chi connectivity index (χ1v) is 26.9. The smallest absolute Gasteiger partial charge is 0.306 e. The minimum absolute atomic E-state index is 0.0189. The van der Waals surface area contributed by atoms with Gasteiger partial charge in [-0.05, 0) is 77.0 Å². The number of ether oxygens (including phenoxy) is 1. The summed E-state index contributed by atoms with van der Waals surface area (Å²) in [5.41, 5.74) is 0. The molecule has 0 aliphatic rings. The Hall–Kier alpha value is -2.96. The molecule has 3 unspecified atom stereocenters. The van der Waals surface area contributed by atoms with Crippen LogP contribution in [0.2, 0.25) is 0 Å². The van der Waals surface area contributed by atoms with E-state index in [1.165, 1.54) is 116 Å². The Labute approximate surface area is 395 Å². The molecule has 0 aromatic carbocycles. The molecule has 0 radical (unpaired) electrons. The molecule has 0 spiro atoms. The Morgan fingerprint density at radius 2 is 0.922 bits per heavy atom. The van der Waals surface area contributed by atoms with Crippen molar-refractivity contribution in [2.75, 3.05) is 6.61 Å². The van der Waals surface area contributed by atoms with Crippen LogP contribution in [0.3, 0.4) is 0 Å². The van der Waals surface area contributed by atoms with Gasteiger partial charge in [0.15, 0.2) is 0 Å². The summed E-state index contributed by atoms with van der Waals surface area (Å²) in [6.07, 6.45) is 66.5. The van der Waals surface area contributed by atoms with E-state index in [0.717, 1.165) is 83.5 Å². The normalized spacial score (nSPS) is 13.9. The first-order valence-electron chi connectivity index (χ1n) is 26.9. The average Bonchev–Trinajstić information content (AvgIpc) is 3.29. The van der Waals surface area contributed by atoms with Crippen molar-refractivity contribution in [1.82, 2.24) is 5.32 Å². The number of unbranched alkanes of at least 4 members (excludes halogenated alkanes) is 24. The highest BCUT2D eigenvalue weighted by atomic mass is 16.5. The Balaban J connectivity index is 4.58. The number of carbonyl (C=O) groups excluding carboxylic acids is 2. The largest absolute Gasteiger partial charge is 0.462 e. The monoisotopic (exact) mass is 892 g/mol. The van der Waals surface area contributed by atoms with E-state index in [0.29, 0.717) is 19.3 Å². The fourth-order valence-electron chi connectivity index (χ4n) is 7.75. The maximum absolute atomic E-state index is 13.2. The molecule has 6 nitrogen and oxygen atoms in total. The van der Waals surface area contributed by atoms with Crippen molar-refractivity contribution in [2.24, 2.45) is 0 Å². The van der Waals surface area contributed by atoms with Gasteiger partial charge < -0.3 is 20.3 Å². The van der Waals surface area contributed by atoms with Gasteiger partial charge in [0.25, 0.3) is 0 Å². The minimum Gasteiger partial charge on any atom is -0.462 e. The maximum atomic E-state index is 13.2. The number of rotatable bonds is 47. The van der Waals surface area contributed by atoms with Gasteiger partial charge in [0, 0.05) is 6.42 Å². The van der Waals surface area contributed by atoms with Crippen molar-refractivity contribution in [3.8, 4) is 0 Å². The highest BCUT2D eigenvalue weighted by Gasteiger charge is 2.24. The van der Waals surface area contributed by atoms with Crippen molar-refractivity contribution < 1.29 is 24.5 Å². The minimum atomic E-state index is -0.813. The second kappa shape index (κ2) is 51.0. The Kier molecular flexibility index (Phi) is 48.7. The summed E-state index contributed by atoms with van der Waals surface area (Å²) in [5, 5.41) is 23.8. The van der Waals surface area contributed by atoms with Crippen LogP contribution in [0, 0.1) is 0 Å². The molecule has 0 heterocycles. The van der Waals surface area contributed by atoms with Gasteiger partial charge in [-0.15, -0.1) is 0 Å². The van der Waals surface area contributed by atoms with E-state index < -0.39 is 18.2 Å². The van der Waals surface area contributed by atoms with Crippen LogP contribution in [0.5, 0.6) is 0 Å². The number of aliphatic hydroxyl groups excluding tert-OH is 2. The van der Waals surface area contributed by atoms with Gasteiger partial charge >= 0.3 is 5.97 Å². The number of esters is 1. The molecule has 0 aromatic rings. The number of carbonyl (C=O) groups is 2. The summed E-state index contributed by atoms with van der Waals surface area (Å²) in [6.45, 7) is 6.29. The molecular formula is C58H101NO5. The molecule has 0 fully saturated rings. The van der Waals surface area contributed by atoms with Gasteiger partial charge in [0.2, 0.25) is 5.91 Å². The van der Waals surface area contributed by atoms with Crippen LogP contribution in [0.25, 0.3) is 0 Å². The molecule has 3 N–H and O–H groups in total. The van der Waals surface area contributed by atoms with Crippen molar-refractivity contribution in [3.63, 3.8) is 0 Å². The van der Waals surface area contributed by atoms with Crippen molar-refractivity contribution in [2.45, 2.75) is 264 Å². The zero-order valence-electron chi connectivity index (χ0n) is 41.9. The van der Waals surface area contributed by atoms with E-state index in [1.54, 1.807) is 0 Å². The third kappa shape index (κ3) is 45.6. The van der Waals surface area contributed by atoms with E-state index in [1.807, 2.05) is 36.5 Å². The molecule has 368 valence electrons. The molecular weight excluding hydrogens is 791 g/mol. The SMILES string of the molecule is CC/C=C/C=C/C=C\C=C/CCCC(CC(=O)NC(CO)C(O)CCCCCCCCCCCCCCCCCCC)OC(=O)CCCCCC/C=C\C/C=C\C/C=C\CCCCC. The number of allylic oxidation sites excluding steroid dienone is 14. The molecule has 1 amide bonds. The number of hydrogen-bond donors (Lipinski definition) is 3. The number of amides is 1. The fraction of sp³-hybridized carbons (Fsp3) is 0.724. The number of nitrogens with one attached hydrogen (secondary N) is 1. The summed E-state index contributed by atoms with van der Waals surface area (Å²) < 4.78 is 5.88. The maximum Gasteiger partial charge on any atom is 0.306 e. The quantitative estimate of drug-likeness (QED) is 0.0245. The first-order chi connectivity index (χ1) is 31.5. The molecule has 3 atom stereocenters. The molecule has 0 aliphatic heterocycles. The summed E-state index contributed by atoms with van der Waals surface area (Å²) in [4.78, 5) is 26.1. The van der Waals surface area contributed by atoms with Crippen LogP contribution in [0.1, 0.15) is 245 Å². The molecule has 0 aromatic heterocycles. The Bertz CT molecular complexity index is 1230. The summed E-state index contributed by atoms with van der Waals surface area (Å²) in [7, 11) is 0. The average molecular weight is 892 g/mol. The second-order valence-corrected chi connectivity index (χ2v) is 18.0. The summed E-state index contributed by atoms with van der Waals surface area (Å²) in [5.74, 6) is -0.570. The zero-order chi connectivity index (χ0) is 46.7. The van der Waals surface area contributed by atoms with E-state index in [-0.39, 0.29) is 24.9 Å². The van der Waals surface area contributed by atoms with E-state index >= 15 is 0 Å². The number of aliphatic hydroxyl groups is 2. The highest BCUT2D eigenvalue weighted by molar-refractivity contribution is 5.77. The molecule has 0 saturated heterocycles. The fourth-order valence-corrected chi connectivity index (χ4v) is 7.75. The summed E-state index contributed by atoms with van der Waals surface area (Å²) >= 11 is 0. The van der Waals surface area contributed by atoms with E-state index in [4.69, 9.17) is 4.74 Å². The number of hydrogen-bond acceptors (Lipinski definition) is 5. The third-order valence-electron chi connectivity index (χ3n) is 11.8. The van der Waals surface area contributed by atoms with E-state index in [9.17, 15) is 19.8 Å². The highest BCUT2D eigenvalue weighted by Crippen LogP contribution is 2.17. The van der Waals surface area contributed by atoms with Crippen LogP contribution >= 0.6 is 0 Å². The standard InChI is InChI=1S/C58H101NO5/c1-4-7-10-13-16-19-22-24-26-28-30-32-35-38-41-44-47-50-56(61)55(53-60)59-57(62)52-54(49-46-43-40-37-34-21-18-15-12-9-6-3)64-58(63)51-48-45-42-39-36-33-31-29-27-25-23-20-17-14-11-8-5-2/h9,12,15,17-18,20-21,25,27,31,33-34,37,40,54-56,60-61H,4-8,10-11,13-14,16,19,22-24,26,28-30,32,35-36,38-39,41-53H2,1-3H3,(H,59,62)/b12-9+,18-15+,20-17-,27-25-,33-31-,34-21-,40-37-. The van der Waals surface area contributed by atoms with Crippen molar-refractivity contribution in [3.05, 3.63) is 85.1 Å². The molecule has 64 heavy (non-hydrogen) atoms. The molecule has 0 rings (SSSR count). The Morgan fingerprint density at radius 3 is 1.47 bits per heavy atom. The van der Waals surface area contributed by atoms with Gasteiger partial charge in [-0.25, -0.2) is 0 Å². The van der Waals surface area contributed by atoms with Crippen molar-refractivity contribution in [1.29, 1.82) is 0 Å². The topological polar surface area (TPSA) is 95.9 Å². The lowest BCUT2D eigenvalue weighted by Gasteiger charge is -2.24. The van der Waals surface area contributed by atoms with Crippen LogP contribution in [0.4, 0.5) is 0 Å². The van der Waals surface area contributed by atoms with Crippen LogP contribution in [0.15, 0.2) is 85.1 Å². The van der Waals surface area contributed by atoms with Crippen LogP contribution < -0.4 is 5.32 Å². The predicted molar refractivity (Wildman–Crippen MR) is 278 cm³/mol. The molecule has 0 bridgehead atoms. The van der Waals surface area contributed by atoms with Gasteiger partial charge in [-0.1, -0.05) is 241 Å². The van der Waals surface area contributed by atoms with Crippen molar-refractivity contribution >= 4 is 11.9 Å². The van der Waals surface area contributed by atoms with Crippen LogP contribution in [-0.2, 0) is 14.3 Å². The lowest BCUT2D eigenvalue weighted by atomic mass is 10.0. The van der Waals surface area contributed by atoms with Gasteiger partial charge in [0.05, 0.1) is 25.2 Å². The summed E-state index contributed by atoms with van der Waals surface area (Å²) in [6, 6.07) is -0.732. The predicted octanol–water partition coefficient (Wildman–Crippen LogP) is 16.3. The van der Waals surface area contributed by atoms with Gasteiger partial charge in [-0.2, -0.15) is 0 Å². The lowest BCUT2D eigenvalue weighted by molar-refractivity contribution is -0.151. The third-order valence-corrected chi connectivity index (χ3v) is 11.8. The van der Waals surface area contributed by atoms with Gasteiger partial charge in [-0.3, -0.25) is 9.59 Å². The first kappa shape index (κ1) is 61.0. The van der Waals surface area contributed by atoms with Crippen LogP contribution in [-0.4, -0.2) is 46.9 Å². The van der Waals surface area contributed by atoms with E-state index in [2.05, 4.69) is 74.7 Å². The molecule has 0 aliphatic carbocycles. The Morgan fingerprint density at radius 1 is 0.484 bits per heavy atom. The molecule has 6 heteroatoms. The zero-order valence-corrected chi connectivity index (χ0v) is 41.9. The van der Waals surface area contributed by atoms with Gasteiger partial charge in [0.1, 0.15) is 6.10 Å². The molecule has 0 saturated carbocycles. The second-order valence-electron chi connectivity index (χ2n) is 18.0.